The number of carbonyl (C=O) groups excluding carboxylic acids is 2. The van der Waals surface area contributed by atoms with Gasteiger partial charge in [0, 0.05) is 31.0 Å². The van der Waals surface area contributed by atoms with Crippen molar-refractivity contribution < 1.29 is 19.4 Å². The van der Waals surface area contributed by atoms with Crippen molar-refractivity contribution in [3.05, 3.63) is 65.5 Å². The molecule has 1 saturated heterocycles. The summed E-state index contributed by atoms with van der Waals surface area (Å²) in [6.45, 7) is 3.40. The van der Waals surface area contributed by atoms with Gasteiger partial charge in [-0.2, -0.15) is 0 Å². The van der Waals surface area contributed by atoms with Gasteiger partial charge >= 0.3 is 0 Å². The van der Waals surface area contributed by atoms with Crippen LogP contribution in [-0.2, 0) is 9.59 Å². The summed E-state index contributed by atoms with van der Waals surface area (Å²) in [7, 11) is 3.80. The zero-order chi connectivity index (χ0) is 21.0. The molecule has 1 atom stereocenters. The Morgan fingerprint density at radius 2 is 1.79 bits per heavy atom. The molecule has 3 rings (SSSR count). The van der Waals surface area contributed by atoms with Crippen molar-refractivity contribution in [3.63, 3.8) is 0 Å². The normalized spacial score (nSPS) is 18.5. The minimum Gasteiger partial charge on any atom is -0.507 e. The van der Waals surface area contributed by atoms with Gasteiger partial charge in [-0.05, 0) is 50.8 Å². The van der Waals surface area contributed by atoms with Crippen molar-refractivity contribution in [2.75, 3.05) is 33.8 Å². The molecule has 7 heteroatoms. The second kappa shape index (κ2) is 8.87. The average molecular weight is 395 g/mol. The first-order valence-electron chi connectivity index (χ1n) is 9.50. The molecule has 152 valence electrons. The highest BCUT2D eigenvalue weighted by atomic mass is 16.5. The first-order chi connectivity index (χ1) is 13.9. The number of hydrogen-bond donors (Lipinski definition) is 1. The van der Waals surface area contributed by atoms with Crippen molar-refractivity contribution in [3.8, 4) is 5.75 Å². The Bertz CT molecular complexity index is 907. The van der Waals surface area contributed by atoms with Crippen molar-refractivity contribution in [2.24, 2.45) is 0 Å². The fraction of sp³-hybridized carbons (Fsp3) is 0.318. The Morgan fingerprint density at radius 3 is 2.38 bits per heavy atom. The third-order valence-corrected chi connectivity index (χ3v) is 4.79. The van der Waals surface area contributed by atoms with Crippen LogP contribution in [0.25, 0.3) is 5.76 Å². The number of nitrogens with zero attached hydrogens (tertiary/aromatic N) is 3. The van der Waals surface area contributed by atoms with Crippen LogP contribution in [0.5, 0.6) is 5.75 Å². The summed E-state index contributed by atoms with van der Waals surface area (Å²) >= 11 is 0. The molecule has 2 heterocycles. The molecule has 0 aliphatic carbocycles. The first kappa shape index (κ1) is 20.5. The fourth-order valence-corrected chi connectivity index (χ4v) is 3.34. The van der Waals surface area contributed by atoms with E-state index in [2.05, 4.69) is 4.98 Å². The third kappa shape index (κ3) is 4.30. The quantitative estimate of drug-likeness (QED) is 0.441. The van der Waals surface area contributed by atoms with Crippen LogP contribution < -0.4 is 4.74 Å². The monoisotopic (exact) mass is 395 g/mol. The molecule has 1 aromatic heterocycles. The Hall–Kier alpha value is -3.19. The van der Waals surface area contributed by atoms with Crippen molar-refractivity contribution in [2.45, 2.75) is 13.0 Å². The second-order valence-corrected chi connectivity index (χ2v) is 7.03. The molecule has 0 radical (unpaired) electrons. The van der Waals surface area contributed by atoms with Gasteiger partial charge in [0.1, 0.15) is 11.5 Å². The largest absolute Gasteiger partial charge is 0.507 e. The Labute approximate surface area is 170 Å². The van der Waals surface area contributed by atoms with Gasteiger partial charge in [-0.25, -0.2) is 0 Å². The molecule has 1 aliphatic rings. The molecule has 0 spiro atoms. The zero-order valence-corrected chi connectivity index (χ0v) is 16.8. The lowest BCUT2D eigenvalue weighted by atomic mass is 9.95. The summed E-state index contributed by atoms with van der Waals surface area (Å²) in [6, 6.07) is 9.80. The number of aliphatic hydroxyl groups is 1. The Kier molecular flexibility index (Phi) is 6.29. The molecule has 0 bridgehead atoms. The van der Waals surface area contributed by atoms with Crippen molar-refractivity contribution in [1.82, 2.24) is 14.8 Å². The summed E-state index contributed by atoms with van der Waals surface area (Å²) in [5.41, 5.74) is 1.27. The second-order valence-electron chi connectivity index (χ2n) is 7.03. The molecule has 1 amide bonds. The number of pyridine rings is 1. The molecular weight excluding hydrogens is 370 g/mol. The zero-order valence-electron chi connectivity index (χ0n) is 16.8. The number of likely N-dealkylation sites (N-methyl/N-ethyl adjacent to an activating group) is 1. The molecule has 29 heavy (non-hydrogen) atoms. The Morgan fingerprint density at radius 1 is 1.14 bits per heavy atom. The van der Waals surface area contributed by atoms with E-state index >= 15 is 0 Å². The number of Topliss-reactive ketones (excluding diaryl/α,β-unsaturated/α-hetero) is 1. The van der Waals surface area contributed by atoms with Crippen LogP contribution in [0.3, 0.4) is 0 Å². The number of carbonyl (C=O) groups is 2. The van der Waals surface area contributed by atoms with Crippen molar-refractivity contribution >= 4 is 17.4 Å². The van der Waals surface area contributed by atoms with E-state index in [0.29, 0.717) is 31.0 Å². The number of benzene rings is 1. The summed E-state index contributed by atoms with van der Waals surface area (Å²) < 4.78 is 5.49. The van der Waals surface area contributed by atoms with Gasteiger partial charge in [0.25, 0.3) is 11.7 Å². The lowest BCUT2D eigenvalue weighted by Crippen LogP contribution is -2.35. The highest BCUT2D eigenvalue weighted by Gasteiger charge is 2.45. The van der Waals surface area contributed by atoms with Crippen LogP contribution in [0.4, 0.5) is 0 Å². The number of ketones is 1. The number of likely N-dealkylation sites (tertiary alicyclic amines) is 1. The molecule has 1 unspecified atom stereocenters. The van der Waals surface area contributed by atoms with E-state index in [4.69, 9.17) is 4.74 Å². The summed E-state index contributed by atoms with van der Waals surface area (Å²) in [5, 5.41) is 10.9. The predicted molar refractivity (Wildman–Crippen MR) is 109 cm³/mol. The van der Waals surface area contributed by atoms with Gasteiger partial charge < -0.3 is 19.6 Å². The first-order valence-corrected chi connectivity index (χ1v) is 9.50. The standard InChI is InChI=1S/C22H25N3O4/c1-4-29-17-7-5-15(6-8-17)19-18(20(26)16-9-11-23-12-10-16)21(27)22(28)25(19)14-13-24(2)3/h5-12,19,26H,4,13-14H2,1-3H3/b20-18-. The smallest absolute Gasteiger partial charge is 0.295 e. The van der Waals surface area contributed by atoms with E-state index in [-0.39, 0.29) is 11.3 Å². The van der Waals surface area contributed by atoms with E-state index in [1.54, 1.807) is 24.3 Å². The van der Waals surface area contributed by atoms with E-state index in [1.807, 2.05) is 38.1 Å². The minimum absolute atomic E-state index is 0.0871. The van der Waals surface area contributed by atoms with Crippen LogP contribution >= 0.6 is 0 Å². The summed E-state index contributed by atoms with van der Waals surface area (Å²) in [6.07, 6.45) is 3.06. The molecule has 7 nitrogen and oxygen atoms in total. The molecular formula is C22H25N3O4. The van der Waals surface area contributed by atoms with Gasteiger partial charge in [0.15, 0.2) is 0 Å². The van der Waals surface area contributed by atoms with Gasteiger partial charge in [-0.15, -0.1) is 0 Å². The molecule has 0 saturated carbocycles. The van der Waals surface area contributed by atoms with Crippen LogP contribution in [0.2, 0.25) is 0 Å². The number of aliphatic hydroxyl groups excluding tert-OH is 1. The summed E-state index contributed by atoms with van der Waals surface area (Å²) in [5.74, 6) is -0.786. The lowest BCUT2D eigenvalue weighted by molar-refractivity contribution is -0.140. The van der Waals surface area contributed by atoms with Crippen LogP contribution in [0.15, 0.2) is 54.4 Å². The number of rotatable bonds is 7. The van der Waals surface area contributed by atoms with Crippen LogP contribution in [0.1, 0.15) is 24.1 Å². The maximum Gasteiger partial charge on any atom is 0.295 e. The molecule has 1 aliphatic heterocycles. The van der Waals surface area contributed by atoms with Crippen LogP contribution in [-0.4, -0.2) is 65.4 Å². The maximum atomic E-state index is 12.9. The third-order valence-electron chi connectivity index (χ3n) is 4.79. The predicted octanol–water partition coefficient (Wildman–Crippen LogP) is 2.46. The highest BCUT2D eigenvalue weighted by Crippen LogP contribution is 2.39. The van der Waals surface area contributed by atoms with E-state index in [9.17, 15) is 14.7 Å². The SMILES string of the molecule is CCOc1ccc(C2/C(=C(/O)c3ccncc3)C(=O)C(=O)N2CCN(C)C)cc1. The minimum atomic E-state index is -0.683. The van der Waals surface area contributed by atoms with Gasteiger partial charge in [-0.1, -0.05) is 12.1 Å². The molecule has 1 aromatic carbocycles. The molecule has 1 fully saturated rings. The average Bonchev–Trinajstić information content (AvgIpc) is 2.98. The van der Waals surface area contributed by atoms with Gasteiger partial charge in [0.05, 0.1) is 18.2 Å². The molecule has 1 N–H and O–H groups in total. The summed E-state index contributed by atoms with van der Waals surface area (Å²) in [4.78, 5) is 33.1. The molecule has 2 aromatic rings. The van der Waals surface area contributed by atoms with Gasteiger partial charge in [0.2, 0.25) is 0 Å². The number of hydrogen-bond acceptors (Lipinski definition) is 6. The number of aromatic nitrogens is 1. The topological polar surface area (TPSA) is 83.0 Å². The number of amides is 1. The highest BCUT2D eigenvalue weighted by molar-refractivity contribution is 6.46. The van der Waals surface area contributed by atoms with Crippen LogP contribution in [0, 0.1) is 0 Å². The van der Waals surface area contributed by atoms with E-state index in [1.165, 1.54) is 17.3 Å². The van der Waals surface area contributed by atoms with Crippen molar-refractivity contribution in [1.29, 1.82) is 0 Å². The van der Waals surface area contributed by atoms with E-state index in [0.717, 1.165) is 5.56 Å². The van der Waals surface area contributed by atoms with E-state index < -0.39 is 17.7 Å². The van der Waals surface area contributed by atoms with Gasteiger partial charge in [-0.3, -0.25) is 14.6 Å². The fourth-order valence-electron chi connectivity index (χ4n) is 3.34. The Balaban J connectivity index is 2.09. The maximum absolute atomic E-state index is 12.9. The lowest BCUT2D eigenvalue weighted by Gasteiger charge is -2.26. The number of ether oxygens (including phenoxy) is 1.